The van der Waals surface area contributed by atoms with Crippen molar-refractivity contribution >= 4 is 0 Å². The maximum atomic E-state index is 13.5. The van der Waals surface area contributed by atoms with E-state index in [1.807, 2.05) is 0 Å². The Morgan fingerprint density at radius 3 is 2.87 bits per heavy atom. The molecule has 2 rings (SSSR count). The second kappa shape index (κ2) is 4.24. The van der Waals surface area contributed by atoms with Gasteiger partial charge in [-0.15, -0.1) is 0 Å². The van der Waals surface area contributed by atoms with E-state index in [1.165, 1.54) is 12.1 Å². The van der Waals surface area contributed by atoms with Crippen LogP contribution < -0.4 is 11.1 Å². The molecule has 4 heteroatoms. The summed E-state index contributed by atoms with van der Waals surface area (Å²) in [6.45, 7) is 1.94. The molecular formula is C11H14F2N2. The minimum Gasteiger partial charge on any atom is -0.330 e. The number of benzene rings is 1. The van der Waals surface area contributed by atoms with Crippen molar-refractivity contribution in [2.75, 3.05) is 19.6 Å². The smallest absolute Gasteiger partial charge is 0.126 e. The Labute approximate surface area is 87.5 Å². The van der Waals surface area contributed by atoms with E-state index in [9.17, 15) is 8.78 Å². The van der Waals surface area contributed by atoms with E-state index >= 15 is 0 Å². The van der Waals surface area contributed by atoms with Gasteiger partial charge in [0.1, 0.15) is 11.6 Å². The van der Waals surface area contributed by atoms with Crippen LogP contribution in [0.25, 0.3) is 0 Å². The van der Waals surface area contributed by atoms with Crippen molar-refractivity contribution < 1.29 is 8.78 Å². The van der Waals surface area contributed by atoms with Crippen LogP contribution in [0.3, 0.4) is 0 Å². The van der Waals surface area contributed by atoms with Crippen LogP contribution in [0.4, 0.5) is 8.78 Å². The quantitative estimate of drug-likeness (QED) is 0.773. The van der Waals surface area contributed by atoms with E-state index in [2.05, 4.69) is 5.32 Å². The predicted octanol–water partition coefficient (Wildman–Crippen LogP) is 1.23. The summed E-state index contributed by atoms with van der Waals surface area (Å²) in [7, 11) is 0. The van der Waals surface area contributed by atoms with Gasteiger partial charge in [0.25, 0.3) is 0 Å². The Morgan fingerprint density at radius 1 is 1.33 bits per heavy atom. The van der Waals surface area contributed by atoms with Crippen LogP contribution in [-0.2, 0) is 0 Å². The number of hydrogen-bond donors (Lipinski definition) is 2. The number of nitrogens with two attached hydrogens (primary N) is 1. The number of nitrogens with one attached hydrogen (secondary N) is 1. The summed E-state index contributed by atoms with van der Waals surface area (Å²) in [6.07, 6.45) is 0. The summed E-state index contributed by atoms with van der Waals surface area (Å²) in [5.41, 5.74) is 6.03. The van der Waals surface area contributed by atoms with E-state index in [-0.39, 0.29) is 17.7 Å². The zero-order chi connectivity index (χ0) is 10.8. The van der Waals surface area contributed by atoms with Crippen LogP contribution >= 0.6 is 0 Å². The predicted molar refractivity (Wildman–Crippen MR) is 54.5 cm³/mol. The van der Waals surface area contributed by atoms with Gasteiger partial charge in [-0.2, -0.15) is 0 Å². The first-order valence-corrected chi connectivity index (χ1v) is 5.08. The third-order valence-corrected chi connectivity index (χ3v) is 3.00. The monoisotopic (exact) mass is 212 g/mol. The van der Waals surface area contributed by atoms with Crippen molar-refractivity contribution in [1.29, 1.82) is 0 Å². The minimum atomic E-state index is -0.394. The lowest BCUT2D eigenvalue weighted by Gasteiger charge is -2.17. The first kappa shape index (κ1) is 10.5. The van der Waals surface area contributed by atoms with Crippen LogP contribution in [0.2, 0.25) is 0 Å². The molecular weight excluding hydrogens is 198 g/mol. The normalized spacial score (nSPS) is 25.8. The molecule has 0 saturated carbocycles. The number of halogens is 2. The molecule has 1 aromatic carbocycles. The average molecular weight is 212 g/mol. The van der Waals surface area contributed by atoms with Gasteiger partial charge in [0, 0.05) is 12.5 Å². The molecule has 82 valence electrons. The second-order valence-electron chi connectivity index (χ2n) is 3.93. The molecule has 0 amide bonds. The minimum absolute atomic E-state index is 0.00861. The van der Waals surface area contributed by atoms with Crippen LogP contribution in [0.15, 0.2) is 18.2 Å². The van der Waals surface area contributed by atoms with Gasteiger partial charge < -0.3 is 11.1 Å². The van der Waals surface area contributed by atoms with Gasteiger partial charge in [0.05, 0.1) is 0 Å². The van der Waals surface area contributed by atoms with Crippen molar-refractivity contribution in [3.05, 3.63) is 35.4 Å². The standard InChI is InChI=1S/C11H14F2N2/c12-8-1-2-11(13)9(3-8)10-6-15-5-7(10)4-14/h1-3,7,10,15H,4-6,14H2. The lowest BCUT2D eigenvalue weighted by Crippen LogP contribution is -2.21. The Balaban J connectivity index is 2.31. The topological polar surface area (TPSA) is 38.0 Å². The molecule has 0 bridgehead atoms. The van der Waals surface area contributed by atoms with Gasteiger partial charge >= 0.3 is 0 Å². The van der Waals surface area contributed by atoms with Gasteiger partial charge in [0.2, 0.25) is 0 Å². The summed E-state index contributed by atoms with van der Waals surface area (Å²) in [6, 6.07) is 3.59. The molecule has 0 radical (unpaired) electrons. The molecule has 1 aliphatic heterocycles. The molecule has 0 aromatic heterocycles. The summed E-state index contributed by atoms with van der Waals surface area (Å²) in [4.78, 5) is 0. The molecule has 1 fully saturated rings. The van der Waals surface area contributed by atoms with E-state index in [0.29, 0.717) is 18.7 Å². The molecule has 0 spiro atoms. The maximum absolute atomic E-state index is 13.5. The Morgan fingerprint density at radius 2 is 2.13 bits per heavy atom. The maximum Gasteiger partial charge on any atom is 0.126 e. The Kier molecular flexibility index (Phi) is 2.98. The molecule has 1 aromatic rings. The fourth-order valence-electron chi connectivity index (χ4n) is 2.14. The number of hydrogen-bond acceptors (Lipinski definition) is 2. The summed E-state index contributed by atoms with van der Waals surface area (Å²) in [5.74, 6) is -0.551. The van der Waals surface area contributed by atoms with Crippen molar-refractivity contribution in [2.45, 2.75) is 5.92 Å². The average Bonchev–Trinajstić information content (AvgIpc) is 2.69. The SMILES string of the molecule is NCC1CNCC1c1cc(F)ccc1F. The highest BCUT2D eigenvalue weighted by atomic mass is 19.1. The van der Waals surface area contributed by atoms with E-state index in [0.717, 1.165) is 12.6 Å². The van der Waals surface area contributed by atoms with Gasteiger partial charge in [-0.3, -0.25) is 0 Å². The largest absolute Gasteiger partial charge is 0.330 e. The summed E-state index contributed by atoms with van der Waals surface area (Å²) >= 11 is 0. The van der Waals surface area contributed by atoms with Crippen molar-refractivity contribution in [3.63, 3.8) is 0 Å². The van der Waals surface area contributed by atoms with Crippen LogP contribution in [0.1, 0.15) is 11.5 Å². The molecule has 2 nitrogen and oxygen atoms in total. The Bertz CT molecular complexity index is 354. The molecule has 1 aliphatic rings. The molecule has 1 heterocycles. The fourth-order valence-corrected chi connectivity index (χ4v) is 2.14. The van der Waals surface area contributed by atoms with Gasteiger partial charge in [-0.1, -0.05) is 0 Å². The van der Waals surface area contributed by atoms with Crippen molar-refractivity contribution in [1.82, 2.24) is 5.32 Å². The van der Waals surface area contributed by atoms with Crippen molar-refractivity contribution in [3.8, 4) is 0 Å². The van der Waals surface area contributed by atoms with Gasteiger partial charge in [-0.25, -0.2) is 8.78 Å². The highest BCUT2D eigenvalue weighted by Crippen LogP contribution is 2.29. The van der Waals surface area contributed by atoms with Gasteiger partial charge in [-0.05, 0) is 42.8 Å². The van der Waals surface area contributed by atoms with E-state index in [4.69, 9.17) is 5.73 Å². The summed E-state index contributed by atoms with van der Waals surface area (Å²) < 4.78 is 26.5. The van der Waals surface area contributed by atoms with Crippen LogP contribution in [-0.4, -0.2) is 19.6 Å². The van der Waals surface area contributed by atoms with Crippen molar-refractivity contribution in [2.24, 2.45) is 11.7 Å². The van der Waals surface area contributed by atoms with Crippen LogP contribution in [0, 0.1) is 17.6 Å². The van der Waals surface area contributed by atoms with Gasteiger partial charge in [0.15, 0.2) is 0 Å². The first-order valence-electron chi connectivity index (χ1n) is 5.08. The highest BCUT2D eigenvalue weighted by molar-refractivity contribution is 5.25. The van der Waals surface area contributed by atoms with Crippen LogP contribution in [0.5, 0.6) is 0 Å². The van der Waals surface area contributed by atoms with E-state index < -0.39 is 5.82 Å². The molecule has 0 aliphatic carbocycles. The zero-order valence-corrected chi connectivity index (χ0v) is 8.34. The molecule has 2 unspecified atom stereocenters. The zero-order valence-electron chi connectivity index (χ0n) is 8.34. The molecule has 2 atom stereocenters. The molecule has 15 heavy (non-hydrogen) atoms. The fraction of sp³-hybridized carbons (Fsp3) is 0.455. The Hall–Kier alpha value is -1.00. The number of rotatable bonds is 2. The lowest BCUT2D eigenvalue weighted by atomic mass is 9.88. The third-order valence-electron chi connectivity index (χ3n) is 3.00. The van der Waals surface area contributed by atoms with E-state index in [1.54, 1.807) is 0 Å². The molecule has 3 N–H and O–H groups in total. The first-order chi connectivity index (χ1) is 7.22. The summed E-state index contributed by atoms with van der Waals surface area (Å²) in [5, 5.41) is 3.15. The molecule has 1 saturated heterocycles. The third kappa shape index (κ3) is 2.01. The second-order valence-corrected chi connectivity index (χ2v) is 3.93. The lowest BCUT2D eigenvalue weighted by molar-refractivity contribution is 0.496. The highest BCUT2D eigenvalue weighted by Gasteiger charge is 2.29.